The molecule has 3 aromatic rings. The van der Waals surface area contributed by atoms with E-state index in [4.69, 9.17) is 18.1 Å². The summed E-state index contributed by atoms with van der Waals surface area (Å²) in [6.07, 6.45) is 1.56. The van der Waals surface area contributed by atoms with Crippen molar-refractivity contribution in [3.05, 3.63) is 80.3 Å². The molecule has 160 valence electrons. The van der Waals surface area contributed by atoms with Gasteiger partial charge in [-0.2, -0.15) is 0 Å². The van der Waals surface area contributed by atoms with Gasteiger partial charge in [-0.15, -0.1) is 21.5 Å². The third-order valence-electron chi connectivity index (χ3n) is 5.54. The number of aliphatic imine (C=N–C) groups is 1. The number of fused-ring (bicyclic) bond motifs is 3. The fraction of sp³-hybridized carbons (Fsp3) is 0.333. The Balaban J connectivity index is 1.97. The van der Waals surface area contributed by atoms with Gasteiger partial charge in [-0.05, 0) is 31.4 Å². The number of hydrogen-bond donors (Lipinski definition) is 0. The number of Topliss-reactive ketones (excluding diaryl/α,β-unsaturated/α-hetero) is 1. The Morgan fingerprint density at radius 1 is 1.19 bits per heavy atom. The summed E-state index contributed by atoms with van der Waals surface area (Å²) in [4.78, 5) is 25.7. The molecule has 1 aromatic carbocycles. The zero-order valence-electron chi connectivity index (χ0n) is 18.2. The van der Waals surface area contributed by atoms with Crippen molar-refractivity contribution in [3.63, 3.8) is 0 Å². The molecule has 0 saturated carbocycles. The van der Waals surface area contributed by atoms with Crippen LogP contribution in [0.25, 0.3) is 14.7 Å². The van der Waals surface area contributed by atoms with Crippen LogP contribution in [-0.4, -0.2) is 26.3 Å². The highest BCUT2D eigenvalue weighted by Crippen LogP contribution is 2.40. The Hall–Kier alpha value is -3.62. The lowest BCUT2D eigenvalue weighted by Gasteiger charge is -2.12. The van der Waals surface area contributed by atoms with Crippen molar-refractivity contribution in [2.75, 3.05) is 0 Å². The van der Waals surface area contributed by atoms with Crippen LogP contribution in [0.2, 0.25) is 0 Å². The van der Waals surface area contributed by atoms with Crippen LogP contribution in [0.4, 0.5) is 5.69 Å². The molecule has 0 spiro atoms. The van der Waals surface area contributed by atoms with E-state index in [-0.39, 0.29) is 12.2 Å². The lowest BCUT2D eigenvalue weighted by atomic mass is 9.99. The van der Waals surface area contributed by atoms with E-state index in [1.807, 2.05) is 37.5 Å². The fourth-order valence-corrected chi connectivity index (χ4v) is 5.26. The molecule has 2 aromatic heterocycles. The third-order valence-corrected chi connectivity index (χ3v) is 6.80. The van der Waals surface area contributed by atoms with Crippen molar-refractivity contribution >= 4 is 28.5 Å². The molecule has 7 nitrogen and oxygen atoms in total. The Morgan fingerprint density at radius 3 is 2.59 bits per heavy atom. The summed E-state index contributed by atoms with van der Waals surface area (Å²) in [5, 5.41) is 9.63. The van der Waals surface area contributed by atoms with Gasteiger partial charge >= 0.3 is 0 Å². The smallest absolute Gasteiger partial charge is 0.249 e. The molecule has 1 atom stereocenters. The monoisotopic (exact) mass is 442 g/mol. The van der Waals surface area contributed by atoms with Crippen LogP contribution in [0.5, 0.6) is 0 Å². The topological polar surface area (TPSA) is 68.9 Å². The van der Waals surface area contributed by atoms with E-state index in [1.165, 1.54) is 0 Å². The first kappa shape index (κ1) is 21.6. The third kappa shape index (κ3) is 3.74. The number of benzene rings is 1. The van der Waals surface area contributed by atoms with Crippen LogP contribution in [0.3, 0.4) is 0 Å². The molecule has 1 aliphatic rings. The molecule has 8 heteroatoms. The van der Waals surface area contributed by atoms with Gasteiger partial charge in [0.15, 0.2) is 11.5 Å². The molecule has 0 aliphatic carbocycles. The summed E-state index contributed by atoms with van der Waals surface area (Å²) in [6.45, 7) is 20.8. The summed E-state index contributed by atoms with van der Waals surface area (Å²) >= 11 is 1.55. The van der Waals surface area contributed by atoms with Gasteiger partial charge in [-0.3, -0.25) is 14.4 Å². The van der Waals surface area contributed by atoms with Crippen molar-refractivity contribution in [2.24, 2.45) is 4.99 Å². The summed E-state index contributed by atoms with van der Waals surface area (Å²) in [7, 11) is 0. The molecule has 0 amide bonds. The van der Waals surface area contributed by atoms with E-state index >= 15 is 0 Å². The van der Waals surface area contributed by atoms with E-state index in [0.717, 1.165) is 44.5 Å². The molecule has 3 heterocycles. The quantitative estimate of drug-likeness (QED) is 0.469. The van der Waals surface area contributed by atoms with Crippen LogP contribution in [0.1, 0.15) is 65.4 Å². The summed E-state index contributed by atoms with van der Waals surface area (Å²) in [5.41, 5.74) is 4.15. The van der Waals surface area contributed by atoms with Crippen LogP contribution in [0.15, 0.2) is 29.3 Å². The van der Waals surface area contributed by atoms with Crippen LogP contribution in [-0.2, 0) is 11.3 Å². The molecule has 0 fully saturated rings. The molecule has 0 saturated heterocycles. The molecule has 32 heavy (non-hydrogen) atoms. The van der Waals surface area contributed by atoms with E-state index < -0.39 is 6.04 Å². The van der Waals surface area contributed by atoms with E-state index in [0.29, 0.717) is 24.5 Å². The second kappa shape index (κ2) is 8.86. The molecular formula is C24H22N6OS. The molecule has 1 aliphatic heterocycles. The second-order valence-electron chi connectivity index (χ2n) is 7.73. The van der Waals surface area contributed by atoms with Gasteiger partial charge in [0.2, 0.25) is 6.54 Å². The summed E-state index contributed by atoms with van der Waals surface area (Å²) < 4.78 is 1.99. The SMILES string of the molecule is [C-]#[N+]Cc1sc2c(c1C)C(c1ccc([N+]#[C-])cc1)=N[C@@H](CC(=O)CCC)c1nnc(C)n1-2. The predicted molar refractivity (Wildman–Crippen MR) is 125 cm³/mol. The highest BCUT2D eigenvalue weighted by molar-refractivity contribution is 7.15. The van der Waals surface area contributed by atoms with Crippen LogP contribution >= 0.6 is 11.3 Å². The first-order valence-electron chi connectivity index (χ1n) is 10.4. The average molecular weight is 443 g/mol. The predicted octanol–water partition coefficient (Wildman–Crippen LogP) is 5.57. The van der Waals surface area contributed by atoms with Gasteiger partial charge in [0.25, 0.3) is 0 Å². The summed E-state index contributed by atoms with van der Waals surface area (Å²) in [5.74, 6) is 1.52. The van der Waals surface area contributed by atoms with Gasteiger partial charge in [-0.1, -0.05) is 31.2 Å². The molecule has 0 unspecified atom stereocenters. The normalized spacial score (nSPS) is 14.5. The van der Waals surface area contributed by atoms with Gasteiger partial charge in [0.1, 0.15) is 22.7 Å². The number of rotatable bonds is 6. The van der Waals surface area contributed by atoms with E-state index in [9.17, 15) is 4.79 Å². The highest BCUT2D eigenvalue weighted by Gasteiger charge is 2.33. The summed E-state index contributed by atoms with van der Waals surface area (Å²) in [6, 6.07) is 6.89. The van der Waals surface area contributed by atoms with E-state index in [2.05, 4.69) is 19.9 Å². The number of carbonyl (C=O) groups excluding carboxylic acids is 1. The van der Waals surface area contributed by atoms with Gasteiger partial charge in [-0.25, -0.2) is 11.4 Å². The molecular weight excluding hydrogens is 420 g/mol. The highest BCUT2D eigenvalue weighted by atomic mass is 32.1. The standard InChI is InChI=1S/C24H22N6OS/c1-6-7-18(31)12-19-23-29-28-15(3)30(23)24-21(14(2)20(32-24)13-25-4)22(27-19)16-8-10-17(26-5)11-9-16/h8-11,19H,6-7,12-13H2,1-3H3/t19-/m0/s1. The van der Waals surface area contributed by atoms with Gasteiger partial charge in [0, 0.05) is 18.4 Å². The van der Waals surface area contributed by atoms with Crippen LogP contribution < -0.4 is 0 Å². The number of thiophene rings is 1. The van der Waals surface area contributed by atoms with Crippen molar-refractivity contribution in [2.45, 2.75) is 52.6 Å². The number of hydrogen-bond acceptors (Lipinski definition) is 5. The molecule has 0 N–H and O–H groups in total. The first-order chi connectivity index (χ1) is 15.5. The zero-order chi connectivity index (χ0) is 22.8. The van der Waals surface area contributed by atoms with Crippen molar-refractivity contribution in [1.29, 1.82) is 0 Å². The van der Waals surface area contributed by atoms with Gasteiger partial charge < -0.3 is 4.85 Å². The number of aryl methyl sites for hydroxylation is 1. The maximum atomic E-state index is 12.6. The first-order valence-corrected chi connectivity index (χ1v) is 11.3. The minimum absolute atomic E-state index is 0.145. The number of nitrogens with zero attached hydrogens (tertiary/aromatic N) is 6. The Bertz CT molecular complexity index is 1300. The Labute approximate surface area is 191 Å². The zero-order valence-corrected chi connectivity index (χ0v) is 19.0. The lowest BCUT2D eigenvalue weighted by Crippen LogP contribution is -2.11. The second-order valence-corrected chi connectivity index (χ2v) is 8.82. The van der Waals surface area contributed by atoms with Crippen molar-refractivity contribution < 1.29 is 4.79 Å². The van der Waals surface area contributed by atoms with Gasteiger partial charge in [0.05, 0.1) is 17.2 Å². The lowest BCUT2D eigenvalue weighted by molar-refractivity contribution is -0.119. The molecule has 0 radical (unpaired) electrons. The molecule has 4 rings (SSSR count). The molecule has 0 bridgehead atoms. The van der Waals surface area contributed by atoms with Crippen molar-refractivity contribution in [1.82, 2.24) is 14.8 Å². The maximum absolute atomic E-state index is 12.6. The number of aromatic nitrogens is 3. The average Bonchev–Trinajstić information content (AvgIpc) is 3.27. The Kier molecular flexibility index (Phi) is 5.98. The van der Waals surface area contributed by atoms with Crippen molar-refractivity contribution in [3.8, 4) is 5.00 Å². The number of ketones is 1. The number of carbonyl (C=O) groups is 1. The Morgan fingerprint density at radius 2 is 1.94 bits per heavy atom. The van der Waals surface area contributed by atoms with Crippen LogP contribution in [0, 0.1) is 27.0 Å². The van der Waals surface area contributed by atoms with E-state index in [1.54, 1.807) is 23.5 Å². The maximum Gasteiger partial charge on any atom is 0.249 e. The largest absolute Gasteiger partial charge is 0.311 e. The fourth-order valence-electron chi connectivity index (χ4n) is 3.97. The minimum atomic E-state index is -0.450. The minimum Gasteiger partial charge on any atom is -0.311 e.